The van der Waals surface area contributed by atoms with Crippen LogP contribution in [0.5, 0.6) is 0 Å². The van der Waals surface area contributed by atoms with Crippen molar-refractivity contribution in [3.63, 3.8) is 0 Å². The number of pyridine rings is 1. The van der Waals surface area contributed by atoms with Gasteiger partial charge in [0.25, 0.3) is 5.91 Å². The minimum Gasteiger partial charge on any atom is -0.467 e. The smallest absolute Gasteiger partial charge is 0.255 e. The number of rotatable bonds is 5. The summed E-state index contributed by atoms with van der Waals surface area (Å²) >= 11 is 0. The van der Waals surface area contributed by atoms with Gasteiger partial charge in [0.05, 0.1) is 18.4 Å². The van der Waals surface area contributed by atoms with E-state index in [1.165, 1.54) is 5.56 Å². The Morgan fingerprint density at radius 1 is 1.07 bits per heavy atom. The second-order valence-corrected chi connectivity index (χ2v) is 7.20. The van der Waals surface area contributed by atoms with Crippen molar-refractivity contribution in [3.8, 4) is 0 Å². The summed E-state index contributed by atoms with van der Waals surface area (Å²) in [5, 5.41) is 3.20. The first-order valence-electron chi connectivity index (χ1n) is 9.86. The van der Waals surface area contributed by atoms with Crippen LogP contribution in [0.15, 0.2) is 71.5 Å². The first-order chi connectivity index (χ1) is 13.8. The van der Waals surface area contributed by atoms with Gasteiger partial charge >= 0.3 is 0 Å². The summed E-state index contributed by atoms with van der Waals surface area (Å²) in [6.45, 7) is 2.16. The van der Waals surface area contributed by atoms with Gasteiger partial charge in [0.2, 0.25) is 0 Å². The van der Waals surface area contributed by atoms with Crippen molar-refractivity contribution >= 4 is 11.7 Å². The summed E-state index contributed by atoms with van der Waals surface area (Å²) < 4.78 is 5.30. The average Bonchev–Trinajstić information content (AvgIpc) is 3.15. The van der Waals surface area contributed by atoms with E-state index in [1.807, 2.05) is 29.2 Å². The molecule has 3 aromatic rings. The number of aromatic nitrogens is 1. The number of nitrogens with one attached hydrogen (secondary N) is 1. The zero-order chi connectivity index (χ0) is 19.2. The average molecular weight is 375 g/mol. The van der Waals surface area contributed by atoms with Crippen LogP contribution in [0.4, 0.5) is 5.82 Å². The molecular formula is C23H25N3O2. The normalized spacial score (nSPS) is 17.1. The highest BCUT2D eigenvalue weighted by molar-refractivity contribution is 5.94. The predicted octanol–water partition coefficient (Wildman–Crippen LogP) is 4.70. The summed E-state index contributed by atoms with van der Waals surface area (Å²) in [6, 6.07) is 18.1. The van der Waals surface area contributed by atoms with Crippen molar-refractivity contribution in [3.05, 3.63) is 83.9 Å². The number of nitrogens with zero attached hydrogens (tertiary/aromatic N) is 2. The van der Waals surface area contributed by atoms with Gasteiger partial charge in [-0.05, 0) is 55.0 Å². The van der Waals surface area contributed by atoms with Crippen LogP contribution in [0.3, 0.4) is 0 Å². The van der Waals surface area contributed by atoms with Crippen molar-refractivity contribution < 1.29 is 9.21 Å². The number of carbonyl (C=O) groups excluding carboxylic acids is 1. The fourth-order valence-electron chi connectivity index (χ4n) is 3.76. The second kappa shape index (κ2) is 8.74. The van der Waals surface area contributed by atoms with Crippen LogP contribution in [0.1, 0.15) is 46.9 Å². The van der Waals surface area contributed by atoms with Crippen molar-refractivity contribution in [2.45, 2.75) is 31.7 Å². The maximum atomic E-state index is 12.9. The fourth-order valence-corrected chi connectivity index (χ4v) is 3.76. The van der Waals surface area contributed by atoms with Crippen LogP contribution in [-0.4, -0.2) is 28.9 Å². The summed E-state index contributed by atoms with van der Waals surface area (Å²) in [5.74, 6) is 2.18. The highest BCUT2D eigenvalue weighted by Crippen LogP contribution is 2.28. The number of anilines is 1. The number of furan rings is 1. The van der Waals surface area contributed by atoms with E-state index >= 15 is 0 Å². The second-order valence-electron chi connectivity index (χ2n) is 7.20. The van der Waals surface area contributed by atoms with Gasteiger partial charge in [-0.3, -0.25) is 4.79 Å². The molecule has 1 fully saturated rings. The molecule has 5 heteroatoms. The predicted molar refractivity (Wildman–Crippen MR) is 109 cm³/mol. The van der Waals surface area contributed by atoms with Gasteiger partial charge in [-0.15, -0.1) is 0 Å². The number of amides is 1. The molecular weight excluding hydrogens is 350 g/mol. The van der Waals surface area contributed by atoms with Crippen LogP contribution >= 0.6 is 0 Å². The minimum absolute atomic E-state index is 0.0683. The molecule has 0 radical (unpaired) electrons. The van der Waals surface area contributed by atoms with Crippen molar-refractivity contribution in [1.29, 1.82) is 0 Å². The molecule has 1 aliphatic heterocycles. The van der Waals surface area contributed by atoms with Crippen LogP contribution in [0, 0.1) is 0 Å². The van der Waals surface area contributed by atoms with Gasteiger partial charge in [-0.25, -0.2) is 4.98 Å². The molecule has 1 aliphatic rings. The molecule has 1 saturated heterocycles. The Balaban J connectivity index is 1.34. The first kappa shape index (κ1) is 18.3. The van der Waals surface area contributed by atoms with Crippen molar-refractivity contribution in [1.82, 2.24) is 9.88 Å². The molecule has 3 heterocycles. The maximum absolute atomic E-state index is 12.9. The van der Waals surface area contributed by atoms with Gasteiger partial charge in [0.15, 0.2) is 0 Å². The highest BCUT2D eigenvalue weighted by Gasteiger charge is 2.22. The number of benzene rings is 1. The van der Waals surface area contributed by atoms with E-state index in [9.17, 15) is 4.79 Å². The molecule has 1 aromatic carbocycles. The lowest BCUT2D eigenvalue weighted by Gasteiger charge is -2.21. The standard InChI is InChI=1S/C23H25N3O2/c27-23(20-10-11-22(24-16-20)25-17-21-9-5-15-28-21)26-13-4-8-19(12-14-26)18-6-2-1-3-7-18/h1-3,5-7,9-11,15-16,19H,4,8,12-14,17H2,(H,24,25)/t19-/m0/s1. The molecule has 28 heavy (non-hydrogen) atoms. The van der Waals surface area contributed by atoms with E-state index in [0.29, 0.717) is 18.0 Å². The molecule has 0 saturated carbocycles. The van der Waals surface area contributed by atoms with Crippen molar-refractivity contribution in [2.75, 3.05) is 18.4 Å². The van der Waals surface area contributed by atoms with E-state index in [-0.39, 0.29) is 5.91 Å². The Morgan fingerprint density at radius 3 is 2.71 bits per heavy atom. The summed E-state index contributed by atoms with van der Waals surface area (Å²) in [6.07, 6.45) is 6.47. The van der Waals surface area contributed by atoms with Crippen LogP contribution < -0.4 is 5.32 Å². The number of hydrogen-bond acceptors (Lipinski definition) is 4. The van der Waals surface area contributed by atoms with E-state index in [0.717, 1.165) is 43.9 Å². The van der Waals surface area contributed by atoms with E-state index in [2.05, 4.69) is 40.6 Å². The number of likely N-dealkylation sites (tertiary alicyclic amines) is 1. The molecule has 0 spiro atoms. The highest BCUT2D eigenvalue weighted by atomic mass is 16.3. The topological polar surface area (TPSA) is 58.4 Å². The Labute approximate surface area is 165 Å². The van der Waals surface area contributed by atoms with Gasteiger partial charge in [-0.2, -0.15) is 0 Å². The molecule has 0 bridgehead atoms. The third kappa shape index (κ3) is 4.42. The summed E-state index contributed by atoms with van der Waals surface area (Å²) in [7, 11) is 0. The molecule has 1 N–H and O–H groups in total. The van der Waals surface area contributed by atoms with E-state index in [4.69, 9.17) is 4.42 Å². The van der Waals surface area contributed by atoms with Gasteiger partial charge in [-0.1, -0.05) is 30.3 Å². The van der Waals surface area contributed by atoms with Crippen LogP contribution in [-0.2, 0) is 6.54 Å². The molecule has 1 amide bonds. The molecule has 1 atom stereocenters. The van der Waals surface area contributed by atoms with Crippen LogP contribution in [0.2, 0.25) is 0 Å². The molecule has 4 rings (SSSR count). The molecule has 0 unspecified atom stereocenters. The lowest BCUT2D eigenvalue weighted by molar-refractivity contribution is 0.0760. The largest absolute Gasteiger partial charge is 0.467 e. The first-order valence-corrected chi connectivity index (χ1v) is 9.86. The Morgan fingerprint density at radius 2 is 1.96 bits per heavy atom. The number of carbonyl (C=O) groups is 1. The molecule has 2 aromatic heterocycles. The quantitative estimate of drug-likeness (QED) is 0.702. The van der Waals surface area contributed by atoms with Crippen molar-refractivity contribution in [2.24, 2.45) is 0 Å². The lowest BCUT2D eigenvalue weighted by atomic mass is 9.92. The van der Waals surface area contributed by atoms with E-state index < -0.39 is 0 Å². The minimum atomic E-state index is 0.0683. The van der Waals surface area contributed by atoms with Gasteiger partial charge in [0, 0.05) is 19.3 Å². The summed E-state index contributed by atoms with van der Waals surface area (Å²) in [4.78, 5) is 19.3. The Kier molecular flexibility index (Phi) is 5.71. The fraction of sp³-hybridized carbons (Fsp3) is 0.304. The third-order valence-electron chi connectivity index (χ3n) is 5.32. The van der Waals surface area contributed by atoms with Crippen LogP contribution in [0.25, 0.3) is 0 Å². The number of hydrogen-bond donors (Lipinski definition) is 1. The molecule has 5 nitrogen and oxygen atoms in total. The maximum Gasteiger partial charge on any atom is 0.255 e. The zero-order valence-electron chi connectivity index (χ0n) is 15.9. The molecule has 144 valence electrons. The van der Waals surface area contributed by atoms with E-state index in [1.54, 1.807) is 12.5 Å². The lowest BCUT2D eigenvalue weighted by Crippen LogP contribution is -2.32. The zero-order valence-corrected chi connectivity index (χ0v) is 15.9. The Hall–Kier alpha value is -3.08. The monoisotopic (exact) mass is 375 g/mol. The Bertz CT molecular complexity index is 876. The van der Waals surface area contributed by atoms with Gasteiger partial charge in [0.1, 0.15) is 11.6 Å². The van der Waals surface area contributed by atoms with Gasteiger partial charge < -0.3 is 14.6 Å². The third-order valence-corrected chi connectivity index (χ3v) is 5.32. The summed E-state index contributed by atoms with van der Waals surface area (Å²) in [5.41, 5.74) is 2.02. The molecule has 0 aliphatic carbocycles. The SMILES string of the molecule is O=C(c1ccc(NCc2ccco2)nc1)N1CCC[C@H](c2ccccc2)CC1.